The minimum absolute atomic E-state index is 0.219. The van der Waals surface area contributed by atoms with Gasteiger partial charge in [-0.3, -0.25) is 0 Å². The topological polar surface area (TPSA) is 18.5 Å². The van der Waals surface area contributed by atoms with Crippen LogP contribution >= 0.6 is 11.6 Å². The van der Waals surface area contributed by atoms with E-state index in [0.717, 1.165) is 17.9 Å². The van der Waals surface area contributed by atoms with Crippen molar-refractivity contribution in [2.75, 3.05) is 6.61 Å². The van der Waals surface area contributed by atoms with Gasteiger partial charge >= 0.3 is 0 Å². The van der Waals surface area contributed by atoms with Gasteiger partial charge in [-0.25, -0.2) is 0 Å². The SMILES string of the molecule is CCOc1ccc(OC2CC(Cl)C23CCCCCC3)cc1. The minimum Gasteiger partial charge on any atom is -0.494 e. The third-order valence-corrected chi connectivity index (χ3v) is 5.75. The number of benzene rings is 1. The maximum Gasteiger partial charge on any atom is 0.120 e. The van der Waals surface area contributed by atoms with Gasteiger partial charge in [-0.1, -0.05) is 25.7 Å². The Morgan fingerprint density at radius 3 is 2.24 bits per heavy atom. The molecule has 0 heterocycles. The Balaban J connectivity index is 1.66. The largest absolute Gasteiger partial charge is 0.494 e. The van der Waals surface area contributed by atoms with Crippen molar-refractivity contribution in [1.29, 1.82) is 0 Å². The highest BCUT2D eigenvalue weighted by atomic mass is 35.5. The average Bonchev–Trinajstić information content (AvgIpc) is 2.77. The molecule has 0 bridgehead atoms. The zero-order valence-corrected chi connectivity index (χ0v) is 13.6. The second-order valence-electron chi connectivity index (χ2n) is 6.36. The van der Waals surface area contributed by atoms with Crippen molar-refractivity contribution in [1.82, 2.24) is 0 Å². The van der Waals surface area contributed by atoms with E-state index in [0.29, 0.717) is 12.0 Å². The normalized spacial score (nSPS) is 27.7. The summed E-state index contributed by atoms with van der Waals surface area (Å²) in [4.78, 5) is 0. The number of alkyl halides is 1. The quantitative estimate of drug-likeness (QED) is 0.713. The molecule has 0 radical (unpaired) electrons. The van der Waals surface area contributed by atoms with Crippen LogP contribution in [0.2, 0.25) is 0 Å². The zero-order chi connectivity index (χ0) is 14.7. The van der Waals surface area contributed by atoms with Crippen LogP contribution in [0.3, 0.4) is 0 Å². The van der Waals surface area contributed by atoms with Crippen molar-refractivity contribution in [3.05, 3.63) is 24.3 Å². The van der Waals surface area contributed by atoms with Crippen molar-refractivity contribution >= 4 is 11.6 Å². The van der Waals surface area contributed by atoms with Crippen LogP contribution in [0, 0.1) is 5.41 Å². The molecule has 2 atom stereocenters. The maximum absolute atomic E-state index is 6.58. The molecule has 2 fully saturated rings. The van der Waals surface area contributed by atoms with Crippen molar-refractivity contribution in [3.63, 3.8) is 0 Å². The monoisotopic (exact) mass is 308 g/mol. The van der Waals surface area contributed by atoms with Gasteiger partial charge in [0.2, 0.25) is 0 Å². The van der Waals surface area contributed by atoms with E-state index in [2.05, 4.69) is 0 Å². The predicted molar refractivity (Wildman–Crippen MR) is 86.4 cm³/mol. The molecule has 0 aromatic heterocycles. The molecule has 2 aliphatic carbocycles. The summed E-state index contributed by atoms with van der Waals surface area (Å²) in [5, 5.41) is 0.295. The van der Waals surface area contributed by atoms with E-state index in [1.165, 1.54) is 38.5 Å². The molecule has 116 valence electrons. The molecular formula is C18H25ClO2. The molecule has 0 N–H and O–H groups in total. The fourth-order valence-electron chi connectivity index (χ4n) is 3.83. The predicted octanol–water partition coefficient (Wildman–Crippen LogP) is 5.18. The third-order valence-electron chi connectivity index (χ3n) is 5.13. The molecule has 2 nitrogen and oxygen atoms in total. The second kappa shape index (κ2) is 6.48. The van der Waals surface area contributed by atoms with Gasteiger partial charge in [0, 0.05) is 17.2 Å². The van der Waals surface area contributed by atoms with Gasteiger partial charge in [0.05, 0.1) is 6.61 Å². The molecule has 2 aliphatic rings. The lowest BCUT2D eigenvalue weighted by molar-refractivity contribution is -0.0512. The standard InChI is InChI=1S/C18H25ClO2/c1-2-20-14-7-9-15(10-8-14)21-17-13-16(19)18(17)11-5-3-4-6-12-18/h7-10,16-17H,2-6,11-13H2,1H3. The first-order valence-electron chi connectivity index (χ1n) is 8.28. The van der Waals surface area contributed by atoms with Crippen molar-refractivity contribution in [2.24, 2.45) is 5.41 Å². The molecule has 2 unspecified atom stereocenters. The summed E-state index contributed by atoms with van der Waals surface area (Å²) in [6.45, 7) is 2.69. The smallest absolute Gasteiger partial charge is 0.120 e. The van der Waals surface area contributed by atoms with Gasteiger partial charge in [0.15, 0.2) is 0 Å². The molecule has 1 aromatic carbocycles. The van der Waals surface area contributed by atoms with Crippen LogP contribution in [-0.2, 0) is 0 Å². The Labute approximate surface area is 132 Å². The highest BCUT2D eigenvalue weighted by Gasteiger charge is 2.55. The summed E-state index contributed by atoms with van der Waals surface area (Å²) in [6.07, 6.45) is 9.01. The van der Waals surface area contributed by atoms with Gasteiger partial charge in [0.1, 0.15) is 17.6 Å². The van der Waals surface area contributed by atoms with Crippen LogP contribution in [0.15, 0.2) is 24.3 Å². The van der Waals surface area contributed by atoms with Crippen LogP contribution in [-0.4, -0.2) is 18.1 Å². The highest BCUT2D eigenvalue weighted by molar-refractivity contribution is 6.21. The summed E-state index contributed by atoms with van der Waals surface area (Å²) in [6, 6.07) is 7.98. The Morgan fingerprint density at radius 1 is 1.05 bits per heavy atom. The van der Waals surface area contributed by atoms with Crippen LogP contribution < -0.4 is 9.47 Å². The first-order chi connectivity index (χ1) is 10.2. The zero-order valence-electron chi connectivity index (χ0n) is 12.8. The Bertz CT molecular complexity index is 449. The Hall–Kier alpha value is -0.890. The minimum atomic E-state index is 0.219. The Morgan fingerprint density at radius 2 is 1.67 bits per heavy atom. The number of rotatable bonds is 4. The molecule has 0 amide bonds. The molecule has 0 aliphatic heterocycles. The lowest BCUT2D eigenvalue weighted by Gasteiger charge is -2.53. The molecular weight excluding hydrogens is 284 g/mol. The van der Waals surface area contributed by atoms with Gasteiger partial charge < -0.3 is 9.47 Å². The van der Waals surface area contributed by atoms with E-state index >= 15 is 0 Å². The lowest BCUT2D eigenvalue weighted by Crippen LogP contribution is -2.57. The molecule has 0 saturated heterocycles. The van der Waals surface area contributed by atoms with Crippen LogP contribution in [0.1, 0.15) is 51.9 Å². The van der Waals surface area contributed by atoms with E-state index < -0.39 is 0 Å². The molecule has 2 saturated carbocycles. The Kier molecular flexibility index (Phi) is 4.63. The van der Waals surface area contributed by atoms with Gasteiger partial charge in [-0.05, 0) is 44.0 Å². The summed E-state index contributed by atoms with van der Waals surface area (Å²) >= 11 is 6.58. The van der Waals surface area contributed by atoms with Gasteiger partial charge in [-0.15, -0.1) is 11.6 Å². The molecule has 3 rings (SSSR count). The first kappa shape index (κ1) is 15.0. The summed E-state index contributed by atoms with van der Waals surface area (Å²) in [5.41, 5.74) is 0.219. The van der Waals surface area contributed by atoms with E-state index in [-0.39, 0.29) is 11.5 Å². The molecule has 3 heteroatoms. The molecule has 1 aromatic rings. The summed E-state index contributed by atoms with van der Waals surface area (Å²) in [5.74, 6) is 1.84. The van der Waals surface area contributed by atoms with Crippen LogP contribution in [0.4, 0.5) is 0 Å². The maximum atomic E-state index is 6.58. The number of hydrogen-bond acceptors (Lipinski definition) is 2. The molecule has 21 heavy (non-hydrogen) atoms. The fraction of sp³-hybridized carbons (Fsp3) is 0.667. The van der Waals surface area contributed by atoms with Crippen LogP contribution in [0.25, 0.3) is 0 Å². The van der Waals surface area contributed by atoms with E-state index in [4.69, 9.17) is 21.1 Å². The van der Waals surface area contributed by atoms with E-state index in [1.54, 1.807) is 0 Å². The van der Waals surface area contributed by atoms with Gasteiger partial charge in [0.25, 0.3) is 0 Å². The number of hydrogen-bond donors (Lipinski definition) is 0. The first-order valence-corrected chi connectivity index (χ1v) is 8.72. The molecule has 1 spiro atoms. The summed E-state index contributed by atoms with van der Waals surface area (Å²) < 4.78 is 11.7. The van der Waals surface area contributed by atoms with Gasteiger partial charge in [-0.2, -0.15) is 0 Å². The second-order valence-corrected chi connectivity index (χ2v) is 6.89. The van der Waals surface area contributed by atoms with Crippen LogP contribution in [0.5, 0.6) is 11.5 Å². The lowest BCUT2D eigenvalue weighted by atomic mass is 9.61. The average molecular weight is 309 g/mol. The van der Waals surface area contributed by atoms with Crippen molar-refractivity contribution in [3.8, 4) is 11.5 Å². The highest BCUT2D eigenvalue weighted by Crippen LogP contribution is 2.55. The van der Waals surface area contributed by atoms with Crippen molar-refractivity contribution < 1.29 is 9.47 Å². The number of halogens is 1. The third kappa shape index (κ3) is 3.01. The van der Waals surface area contributed by atoms with E-state index in [1.807, 2.05) is 31.2 Å². The van der Waals surface area contributed by atoms with E-state index in [9.17, 15) is 0 Å². The number of ether oxygens (including phenoxy) is 2. The fourth-order valence-corrected chi connectivity index (χ4v) is 4.35. The van der Waals surface area contributed by atoms with Crippen molar-refractivity contribution in [2.45, 2.75) is 63.4 Å². The summed E-state index contributed by atoms with van der Waals surface area (Å²) in [7, 11) is 0.